The van der Waals surface area contributed by atoms with Gasteiger partial charge >= 0.3 is 0 Å². The smallest absolute Gasteiger partial charge is 0.191 e. The Morgan fingerprint density at radius 2 is 2.07 bits per heavy atom. The minimum Gasteiger partial charge on any atom is -0.390 e. The van der Waals surface area contributed by atoms with Crippen molar-refractivity contribution in [2.45, 2.75) is 51.4 Å². The molecule has 1 aromatic rings. The van der Waals surface area contributed by atoms with Crippen molar-refractivity contribution in [2.75, 3.05) is 5.75 Å². The molecule has 0 aliphatic carbocycles. The van der Waals surface area contributed by atoms with Crippen molar-refractivity contribution in [1.82, 2.24) is 14.8 Å². The largest absolute Gasteiger partial charge is 0.390 e. The summed E-state index contributed by atoms with van der Waals surface area (Å²) in [6.07, 6.45) is 0.757. The molecule has 0 atom stereocenters. The molecule has 1 N–H and O–H groups in total. The predicted octanol–water partition coefficient (Wildman–Crippen LogP) is 1.86. The van der Waals surface area contributed by atoms with Gasteiger partial charge in [0.15, 0.2) is 5.16 Å². The van der Waals surface area contributed by atoms with Gasteiger partial charge in [-0.2, -0.15) is 0 Å². The van der Waals surface area contributed by atoms with E-state index in [0.29, 0.717) is 0 Å². The van der Waals surface area contributed by atoms with Crippen LogP contribution in [0.5, 0.6) is 0 Å². The second-order valence-corrected chi connectivity index (χ2v) is 5.25. The summed E-state index contributed by atoms with van der Waals surface area (Å²) in [7, 11) is 0. The molecule has 86 valence electrons. The Morgan fingerprint density at radius 3 is 2.60 bits per heavy atom. The lowest BCUT2D eigenvalue weighted by Gasteiger charge is -2.15. The third kappa shape index (κ3) is 3.83. The third-order valence-electron chi connectivity index (χ3n) is 2.16. The van der Waals surface area contributed by atoms with Crippen molar-refractivity contribution in [3.63, 3.8) is 0 Å². The van der Waals surface area contributed by atoms with E-state index in [1.54, 1.807) is 11.8 Å². The van der Waals surface area contributed by atoms with Crippen LogP contribution in [0.15, 0.2) is 5.16 Å². The number of hydrogen-bond donors (Lipinski definition) is 1. The zero-order chi connectivity index (χ0) is 11.5. The van der Waals surface area contributed by atoms with Crippen LogP contribution in [-0.4, -0.2) is 31.2 Å². The summed E-state index contributed by atoms with van der Waals surface area (Å²) >= 11 is 1.65. The summed E-state index contributed by atoms with van der Waals surface area (Å²) in [6, 6.07) is 0. The fraction of sp³-hybridized carbons (Fsp3) is 0.800. The second-order valence-electron chi connectivity index (χ2n) is 4.18. The van der Waals surface area contributed by atoms with Crippen molar-refractivity contribution in [2.24, 2.45) is 0 Å². The zero-order valence-electron chi connectivity index (χ0n) is 9.82. The van der Waals surface area contributed by atoms with Crippen LogP contribution >= 0.6 is 11.8 Å². The van der Waals surface area contributed by atoms with Gasteiger partial charge in [-0.25, -0.2) is 0 Å². The van der Waals surface area contributed by atoms with E-state index in [0.717, 1.165) is 29.7 Å². The first-order chi connectivity index (χ1) is 6.94. The standard InChI is InChI=1S/C10H19N3OS/c1-5-13-8(2)11-12-9(13)15-7-6-10(3,4)14/h14H,5-7H2,1-4H3. The molecule has 4 nitrogen and oxygen atoms in total. The van der Waals surface area contributed by atoms with Crippen molar-refractivity contribution in [3.05, 3.63) is 5.82 Å². The number of aliphatic hydroxyl groups is 1. The van der Waals surface area contributed by atoms with E-state index in [2.05, 4.69) is 21.7 Å². The minimum absolute atomic E-state index is 0.598. The number of aromatic nitrogens is 3. The van der Waals surface area contributed by atoms with Crippen molar-refractivity contribution >= 4 is 11.8 Å². The molecule has 0 fully saturated rings. The van der Waals surface area contributed by atoms with Gasteiger partial charge in [0.2, 0.25) is 0 Å². The van der Waals surface area contributed by atoms with Crippen molar-refractivity contribution in [1.29, 1.82) is 0 Å². The molecule has 1 heterocycles. The fourth-order valence-corrected chi connectivity index (χ4v) is 2.52. The molecule has 0 saturated heterocycles. The van der Waals surface area contributed by atoms with Gasteiger partial charge in [0.25, 0.3) is 0 Å². The maximum atomic E-state index is 9.57. The number of nitrogens with zero attached hydrogens (tertiary/aromatic N) is 3. The molecule has 0 spiro atoms. The van der Waals surface area contributed by atoms with Crippen molar-refractivity contribution < 1.29 is 5.11 Å². The van der Waals surface area contributed by atoms with Crippen LogP contribution < -0.4 is 0 Å². The maximum Gasteiger partial charge on any atom is 0.191 e. The van der Waals surface area contributed by atoms with Gasteiger partial charge in [0.05, 0.1) is 5.60 Å². The first-order valence-corrected chi connectivity index (χ1v) is 6.17. The monoisotopic (exact) mass is 229 g/mol. The fourth-order valence-electron chi connectivity index (χ4n) is 1.22. The van der Waals surface area contributed by atoms with Crippen LogP contribution in [-0.2, 0) is 6.54 Å². The molecular formula is C10H19N3OS. The Morgan fingerprint density at radius 1 is 1.40 bits per heavy atom. The van der Waals surface area contributed by atoms with Gasteiger partial charge in [0, 0.05) is 12.3 Å². The quantitative estimate of drug-likeness (QED) is 0.783. The van der Waals surface area contributed by atoms with Crippen molar-refractivity contribution in [3.8, 4) is 0 Å². The Kier molecular flexibility index (Phi) is 4.16. The Balaban J connectivity index is 2.51. The molecule has 0 aliphatic heterocycles. The lowest BCUT2D eigenvalue weighted by molar-refractivity contribution is 0.0777. The highest BCUT2D eigenvalue weighted by atomic mass is 32.2. The van der Waals surface area contributed by atoms with Crippen LogP contribution in [0.4, 0.5) is 0 Å². The van der Waals surface area contributed by atoms with Crippen LogP contribution in [0.3, 0.4) is 0 Å². The lowest BCUT2D eigenvalue weighted by Crippen LogP contribution is -2.19. The summed E-state index contributed by atoms with van der Waals surface area (Å²) in [5, 5.41) is 18.6. The first-order valence-electron chi connectivity index (χ1n) is 5.19. The Labute approximate surface area is 95.1 Å². The molecule has 0 radical (unpaired) electrons. The molecule has 0 saturated carbocycles. The van der Waals surface area contributed by atoms with E-state index in [1.165, 1.54) is 0 Å². The Hall–Kier alpha value is -0.550. The zero-order valence-corrected chi connectivity index (χ0v) is 10.6. The lowest BCUT2D eigenvalue weighted by atomic mass is 10.1. The number of aryl methyl sites for hydroxylation is 1. The number of rotatable bonds is 5. The number of thioether (sulfide) groups is 1. The Bertz CT molecular complexity index is 317. The highest BCUT2D eigenvalue weighted by molar-refractivity contribution is 7.99. The molecular weight excluding hydrogens is 210 g/mol. The number of hydrogen-bond acceptors (Lipinski definition) is 4. The minimum atomic E-state index is -0.598. The molecule has 0 unspecified atom stereocenters. The second kappa shape index (κ2) is 4.99. The molecule has 0 bridgehead atoms. The highest BCUT2D eigenvalue weighted by Gasteiger charge is 2.14. The highest BCUT2D eigenvalue weighted by Crippen LogP contribution is 2.20. The topological polar surface area (TPSA) is 50.9 Å². The van der Waals surface area contributed by atoms with E-state index in [4.69, 9.17) is 0 Å². The molecule has 1 aromatic heterocycles. The summed E-state index contributed by atoms with van der Waals surface area (Å²) in [5.41, 5.74) is -0.598. The van der Waals surface area contributed by atoms with Gasteiger partial charge in [-0.05, 0) is 34.1 Å². The van der Waals surface area contributed by atoms with Crippen LogP contribution in [0.2, 0.25) is 0 Å². The molecule has 0 amide bonds. The van der Waals surface area contributed by atoms with E-state index < -0.39 is 5.60 Å². The summed E-state index contributed by atoms with van der Waals surface area (Å²) in [4.78, 5) is 0. The molecule has 5 heteroatoms. The van der Waals surface area contributed by atoms with Gasteiger partial charge < -0.3 is 9.67 Å². The van der Waals surface area contributed by atoms with Crippen LogP contribution in [0.25, 0.3) is 0 Å². The predicted molar refractivity (Wildman–Crippen MR) is 62.1 cm³/mol. The van der Waals surface area contributed by atoms with Gasteiger partial charge in [-0.3, -0.25) is 0 Å². The average Bonchev–Trinajstić information content (AvgIpc) is 2.44. The maximum absolute atomic E-state index is 9.57. The third-order valence-corrected chi connectivity index (χ3v) is 3.13. The van der Waals surface area contributed by atoms with Gasteiger partial charge in [-0.1, -0.05) is 11.8 Å². The molecule has 0 aliphatic rings. The summed E-state index contributed by atoms with van der Waals surface area (Å²) in [6.45, 7) is 8.57. The van der Waals surface area contributed by atoms with Gasteiger partial charge in [-0.15, -0.1) is 10.2 Å². The molecule has 0 aromatic carbocycles. The van der Waals surface area contributed by atoms with Crippen LogP contribution in [0.1, 0.15) is 33.0 Å². The van der Waals surface area contributed by atoms with E-state index in [9.17, 15) is 5.11 Å². The van der Waals surface area contributed by atoms with E-state index in [1.807, 2.05) is 20.8 Å². The normalized spacial score (nSPS) is 12.1. The van der Waals surface area contributed by atoms with E-state index >= 15 is 0 Å². The van der Waals surface area contributed by atoms with Gasteiger partial charge in [0.1, 0.15) is 5.82 Å². The SMILES string of the molecule is CCn1c(C)nnc1SCCC(C)(C)O. The summed E-state index contributed by atoms with van der Waals surface area (Å²) in [5.74, 6) is 1.81. The molecule has 1 rings (SSSR count). The molecule has 15 heavy (non-hydrogen) atoms. The average molecular weight is 229 g/mol. The van der Waals surface area contributed by atoms with Crippen LogP contribution in [0, 0.1) is 6.92 Å². The van der Waals surface area contributed by atoms with E-state index in [-0.39, 0.29) is 0 Å². The first kappa shape index (κ1) is 12.5. The summed E-state index contributed by atoms with van der Waals surface area (Å²) < 4.78 is 2.08.